The number of nitrogens with one attached hydrogen (secondary N) is 2. The van der Waals surface area contributed by atoms with Gasteiger partial charge in [0.2, 0.25) is 5.91 Å². The summed E-state index contributed by atoms with van der Waals surface area (Å²) in [5.41, 5.74) is 7.97. The predicted octanol–water partition coefficient (Wildman–Crippen LogP) is 0.944. The second-order valence-corrected chi connectivity index (χ2v) is 9.14. The maximum atomic E-state index is 12.4. The maximum absolute atomic E-state index is 12.4. The number of anilines is 1. The number of rotatable bonds is 10. The molecule has 2 aromatic rings. The molecule has 3 rings (SSSR count). The number of nitrogens with two attached hydrogens (primary N) is 1. The zero-order chi connectivity index (χ0) is 26.8. The highest BCUT2D eigenvalue weighted by molar-refractivity contribution is 5.98. The Morgan fingerprint density at radius 1 is 1.05 bits per heavy atom. The molecule has 1 fully saturated rings. The maximum Gasteiger partial charge on any atom is 0.251 e. The van der Waals surface area contributed by atoms with Crippen LogP contribution in [0.3, 0.4) is 0 Å². The van der Waals surface area contributed by atoms with Gasteiger partial charge in [0.05, 0.1) is 6.54 Å². The lowest BCUT2D eigenvalue weighted by molar-refractivity contribution is -0.123. The van der Waals surface area contributed by atoms with Gasteiger partial charge in [0.25, 0.3) is 5.91 Å². The summed E-state index contributed by atoms with van der Waals surface area (Å²) < 4.78 is 0. The Morgan fingerprint density at radius 2 is 1.68 bits per heavy atom. The van der Waals surface area contributed by atoms with E-state index in [0.717, 1.165) is 25.1 Å². The van der Waals surface area contributed by atoms with Gasteiger partial charge in [-0.3, -0.25) is 19.3 Å². The molecule has 1 heterocycles. The number of carbonyl (C=O) groups is 4. The van der Waals surface area contributed by atoms with Gasteiger partial charge in [-0.25, -0.2) is 0 Å². The van der Waals surface area contributed by atoms with Crippen LogP contribution in [0.1, 0.15) is 41.3 Å². The molecule has 0 aromatic heterocycles. The molecule has 194 valence electrons. The van der Waals surface area contributed by atoms with Crippen LogP contribution in [0.25, 0.3) is 0 Å². The summed E-state index contributed by atoms with van der Waals surface area (Å²) in [5, 5.41) is 14.3. The first-order valence-electron chi connectivity index (χ1n) is 12.2. The summed E-state index contributed by atoms with van der Waals surface area (Å²) >= 11 is 0. The van der Waals surface area contributed by atoms with Crippen LogP contribution in [-0.2, 0) is 14.4 Å². The predicted molar refractivity (Wildman–Crippen MR) is 140 cm³/mol. The largest absolute Gasteiger partial charge is 0.388 e. The van der Waals surface area contributed by atoms with Crippen LogP contribution in [0.15, 0.2) is 48.5 Å². The van der Waals surface area contributed by atoms with Gasteiger partial charge >= 0.3 is 0 Å². The summed E-state index contributed by atoms with van der Waals surface area (Å²) in [7, 11) is 0. The van der Waals surface area contributed by atoms with Gasteiger partial charge in [-0.2, -0.15) is 0 Å². The van der Waals surface area contributed by atoms with E-state index in [4.69, 9.17) is 10.8 Å². The van der Waals surface area contributed by atoms with Crippen LogP contribution in [0.5, 0.6) is 0 Å². The van der Waals surface area contributed by atoms with Crippen molar-refractivity contribution in [2.24, 2.45) is 11.7 Å². The quantitative estimate of drug-likeness (QED) is 0.353. The van der Waals surface area contributed by atoms with E-state index in [0.29, 0.717) is 35.7 Å². The number of benzene rings is 2. The molecule has 9 heteroatoms. The molecular weight excluding hydrogens is 472 g/mol. The minimum absolute atomic E-state index is 0.0926. The summed E-state index contributed by atoms with van der Waals surface area (Å²) in [6.45, 7) is 2.71. The lowest BCUT2D eigenvalue weighted by atomic mass is 10.0. The van der Waals surface area contributed by atoms with Crippen molar-refractivity contribution in [2.75, 3.05) is 38.1 Å². The van der Waals surface area contributed by atoms with Crippen molar-refractivity contribution in [2.45, 2.75) is 25.8 Å². The van der Waals surface area contributed by atoms with E-state index in [1.807, 2.05) is 12.1 Å². The van der Waals surface area contributed by atoms with Crippen molar-refractivity contribution in [1.29, 1.82) is 0 Å². The normalized spacial score (nSPS) is 15.8. The summed E-state index contributed by atoms with van der Waals surface area (Å²) in [4.78, 5) is 49.6. The van der Waals surface area contributed by atoms with Crippen molar-refractivity contribution in [3.05, 3.63) is 65.2 Å². The number of hydrogen-bond donors (Lipinski definition) is 4. The monoisotopic (exact) mass is 504 g/mol. The van der Waals surface area contributed by atoms with E-state index in [1.165, 1.54) is 0 Å². The topological polar surface area (TPSA) is 142 Å². The van der Waals surface area contributed by atoms with Crippen LogP contribution in [0, 0.1) is 17.8 Å². The first kappa shape index (κ1) is 27.7. The average Bonchev–Trinajstić information content (AvgIpc) is 3.32. The Kier molecular flexibility index (Phi) is 10.1. The van der Waals surface area contributed by atoms with E-state index in [2.05, 4.69) is 27.4 Å². The minimum Gasteiger partial charge on any atom is -0.388 e. The van der Waals surface area contributed by atoms with E-state index in [1.54, 1.807) is 43.3 Å². The van der Waals surface area contributed by atoms with E-state index in [-0.39, 0.29) is 18.2 Å². The number of aliphatic hydroxyl groups is 1. The molecule has 2 aromatic carbocycles. The third kappa shape index (κ3) is 8.65. The van der Waals surface area contributed by atoms with Crippen LogP contribution >= 0.6 is 0 Å². The Bertz CT molecular complexity index is 1180. The van der Waals surface area contributed by atoms with Crippen LogP contribution in [0.2, 0.25) is 0 Å². The third-order valence-electron chi connectivity index (χ3n) is 6.07. The lowest BCUT2D eigenvalue weighted by Gasteiger charge is -2.15. The number of hydrogen-bond acceptors (Lipinski definition) is 7. The third-order valence-corrected chi connectivity index (χ3v) is 6.07. The minimum atomic E-state index is -0.935. The molecule has 0 unspecified atom stereocenters. The van der Waals surface area contributed by atoms with E-state index < -0.39 is 24.3 Å². The fourth-order valence-electron chi connectivity index (χ4n) is 4.14. The fraction of sp³-hybridized carbons (Fsp3) is 0.357. The number of amides is 2. The number of aliphatic hydroxyl groups excluding tert-OH is 1. The molecule has 5 N–H and O–H groups in total. The number of nitrogens with zero attached hydrogens (tertiary/aromatic N) is 1. The highest BCUT2D eigenvalue weighted by atomic mass is 16.3. The van der Waals surface area contributed by atoms with Gasteiger partial charge in [-0.05, 0) is 74.3 Å². The van der Waals surface area contributed by atoms with Crippen LogP contribution in [0.4, 0.5) is 5.69 Å². The molecule has 2 atom stereocenters. The molecule has 1 aliphatic rings. The zero-order valence-corrected chi connectivity index (χ0v) is 20.8. The van der Waals surface area contributed by atoms with Crippen molar-refractivity contribution in [3.8, 4) is 11.8 Å². The molecule has 0 saturated carbocycles. The molecule has 9 nitrogen and oxygen atoms in total. The fourth-order valence-corrected chi connectivity index (χ4v) is 4.14. The molecule has 0 radical (unpaired) electrons. The molecule has 37 heavy (non-hydrogen) atoms. The summed E-state index contributed by atoms with van der Waals surface area (Å²) in [6.07, 6.45) is 1.51. The first-order valence-corrected chi connectivity index (χ1v) is 12.2. The molecular formula is C28H32N4O5. The average molecular weight is 505 g/mol. The molecule has 1 saturated heterocycles. The number of Topliss-reactive ketones (excluding diaryl/α,β-unsaturated/α-hetero) is 2. The zero-order valence-electron chi connectivity index (χ0n) is 20.8. The van der Waals surface area contributed by atoms with Crippen molar-refractivity contribution >= 4 is 29.1 Å². The number of likely N-dealkylation sites (tertiary alicyclic amines) is 1. The smallest absolute Gasteiger partial charge is 0.251 e. The molecule has 0 aliphatic carbocycles. The second kappa shape index (κ2) is 13.5. The highest BCUT2D eigenvalue weighted by Crippen LogP contribution is 2.19. The number of ketones is 2. The van der Waals surface area contributed by atoms with Crippen molar-refractivity contribution in [1.82, 2.24) is 10.2 Å². The Balaban J connectivity index is 1.50. The Morgan fingerprint density at radius 3 is 2.24 bits per heavy atom. The highest BCUT2D eigenvalue weighted by Gasteiger charge is 2.25. The number of carbonyl (C=O) groups excluding carboxylic acids is 4. The summed E-state index contributed by atoms with van der Waals surface area (Å²) in [6, 6.07) is 12.9. The van der Waals surface area contributed by atoms with Gasteiger partial charge in [0.1, 0.15) is 18.4 Å². The van der Waals surface area contributed by atoms with Crippen LogP contribution < -0.4 is 16.4 Å². The lowest BCUT2D eigenvalue weighted by Crippen LogP contribution is -2.46. The Labute approximate surface area is 216 Å². The molecule has 0 bridgehead atoms. The second-order valence-electron chi connectivity index (χ2n) is 9.14. The van der Waals surface area contributed by atoms with Crippen molar-refractivity contribution < 1.29 is 24.3 Å². The van der Waals surface area contributed by atoms with Gasteiger partial charge < -0.3 is 26.3 Å². The molecule has 1 aliphatic heterocycles. The van der Waals surface area contributed by atoms with E-state index in [9.17, 15) is 19.2 Å². The molecule has 0 spiro atoms. The van der Waals surface area contributed by atoms with Crippen LogP contribution in [-0.4, -0.2) is 72.2 Å². The first-order chi connectivity index (χ1) is 17.8. The SMILES string of the molecule is CC(=O)C[C@@H]1CCN(CC(=O)Nc2ccc(C#Cc3ccc(C(=O)N[C@@H](CN)C(=O)CO)cc3)cc2)C1. The van der Waals surface area contributed by atoms with Gasteiger partial charge in [-0.15, -0.1) is 0 Å². The van der Waals surface area contributed by atoms with Gasteiger partial charge in [0, 0.05) is 41.9 Å². The standard InChI is InChI=1S/C28H32N4O5/c1-19(34)14-22-12-13-32(16-22)17-27(36)30-24-10-6-21(7-11-24)3-2-20-4-8-23(9-5-20)28(37)31-25(15-29)26(35)18-33/h4-11,22,25,33H,12-18,29H2,1H3,(H,30,36)(H,31,37)/t22-,25-/m0/s1. The van der Waals surface area contributed by atoms with Crippen molar-refractivity contribution in [3.63, 3.8) is 0 Å². The van der Waals surface area contributed by atoms with Gasteiger partial charge in [0.15, 0.2) is 5.78 Å². The Hall–Kier alpha value is -3.84. The van der Waals surface area contributed by atoms with Gasteiger partial charge in [-0.1, -0.05) is 11.8 Å². The summed E-state index contributed by atoms with van der Waals surface area (Å²) in [5.74, 6) is 5.49. The molecule has 2 amide bonds. The van der Waals surface area contributed by atoms with E-state index >= 15 is 0 Å².